The average Bonchev–Trinajstić information content (AvgIpc) is 3.42. The third-order valence-corrected chi connectivity index (χ3v) is 6.44. The lowest BCUT2D eigenvalue weighted by Crippen LogP contribution is -2.32. The van der Waals surface area contributed by atoms with Crippen molar-refractivity contribution in [2.75, 3.05) is 13.1 Å². The van der Waals surface area contributed by atoms with Crippen molar-refractivity contribution < 1.29 is 9.32 Å². The van der Waals surface area contributed by atoms with E-state index in [2.05, 4.69) is 27.3 Å². The number of hydrogen-bond donors (Lipinski definition) is 1. The highest BCUT2D eigenvalue weighted by Crippen LogP contribution is 2.30. The van der Waals surface area contributed by atoms with Crippen molar-refractivity contribution in [2.24, 2.45) is 0 Å². The van der Waals surface area contributed by atoms with Crippen molar-refractivity contribution in [1.82, 2.24) is 24.9 Å². The highest BCUT2D eigenvalue weighted by molar-refractivity contribution is 7.10. The number of amides is 1. The molecular formula is C20H25N5O2S. The number of fused-ring (bicyclic) bond motifs is 1. The molecule has 0 spiro atoms. The molecule has 0 aromatic carbocycles. The summed E-state index contributed by atoms with van der Waals surface area (Å²) in [4.78, 5) is 20.5. The maximum absolute atomic E-state index is 12.7. The van der Waals surface area contributed by atoms with Gasteiger partial charge < -0.3 is 14.4 Å². The number of imidazole rings is 1. The molecule has 1 amide bonds. The van der Waals surface area contributed by atoms with Crippen LogP contribution in [-0.2, 0) is 19.5 Å². The van der Waals surface area contributed by atoms with Gasteiger partial charge in [0.15, 0.2) is 0 Å². The molecule has 4 rings (SSSR count). The Balaban J connectivity index is 1.38. The van der Waals surface area contributed by atoms with E-state index in [1.54, 1.807) is 23.9 Å². The molecule has 1 N–H and O–H groups in total. The second kappa shape index (κ2) is 7.89. The molecule has 0 saturated carbocycles. The minimum Gasteiger partial charge on any atom is -0.361 e. The standard InChI is InChI=1S/C20H25N5O2S/c1-13(25-7-5-21-12-25)8-22-20(26)18-11-28-19-10-24(6-4-16(18)19)9-17-14(2)23-27-15(17)3/h5,7,11-13H,4,6,8-10H2,1-3H3,(H,22,26)/t13-/m1/s1. The van der Waals surface area contributed by atoms with Gasteiger partial charge in [0, 0.05) is 60.4 Å². The third-order valence-electron chi connectivity index (χ3n) is 5.43. The van der Waals surface area contributed by atoms with Crippen molar-refractivity contribution in [3.63, 3.8) is 0 Å². The number of hydrogen-bond acceptors (Lipinski definition) is 6. The summed E-state index contributed by atoms with van der Waals surface area (Å²) in [7, 11) is 0. The Morgan fingerprint density at radius 1 is 1.43 bits per heavy atom. The first-order chi connectivity index (χ1) is 13.5. The SMILES string of the molecule is Cc1noc(C)c1CN1CCc2c(C(=O)NC[C@@H](C)n3ccnc3)csc2C1. The molecule has 0 aliphatic carbocycles. The molecule has 3 aromatic heterocycles. The zero-order valence-corrected chi connectivity index (χ0v) is 17.3. The maximum atomic E-state index is 12.7. The first kappa shape index (κ1) is 18.9. The van der Waals surface area contributed by atoms with Gasteiger partial charge in [-0.1, -0.05) is 5.16 Å². The van der Waals surface area contributed by atoms with Crippen LogP contribution < -0.4 is 5.32 Å². The molecule has 7 nitrogen and oxygen atoms in total. The summed E-state index contributed by atoms with van der Waals surface area (Å²) in [6, 6.07) is 0.173. The quantitative estimate of drug-likeness (QED) is 0.689. The van der Waals surface area contributed by atoms with Crippen LogP contribution in [0.2, 0.25) is 0 Å². The van der Waals surface area contributed by atoms with Crippen LogP contribution in [0.25, 0.3) is 0 Å². The topological polar surface area (TPSA) is 76.2 Å². The molecule has 28 heavy (non-hydrogen) atoms. The second-order valence-corrected chi connectivity index (χ2v) is 8.35. The van der Waals surface area contributed by atoms with Gasteiger partial charge in [-0.15, -0.1) is 11.3 Å². The van der Waals surface area contributed by atoms with Gasteiger partial charge in [0.2, 0.25) is 0 Å². The third kappa shape index (κ3) is 3.74. The first-order valence-electron chi connectivity index (χ1n) is 9.52. The molecule has 1 aliphatic heterocycles. The summed E-state index contributed by atoms with van der Waals surface area (Å²) in [6.07, 6.45) is 6.33. The summed E-state index contributed by atoms with van der Waals surface area (Å²) in [5, 5.41) is 9.12. The summed E-state index contributed by atoms with van der Waals surface area (Å²) in [6.45, 7) is 9.23. The lowest BCUT2D eigenvalue weighted by molar-refractivity contribution is 0.0947. The van der Waals surface area contributed by atoms with Gasteiger partial charge >= 0.3 is 0 Å². The van der Waals surface area contributed by atoms with Crippen molar-refractivity contribution in [2.45, 2.75) is 46.3 Å². The summed E-state index contributed by atoms with van der Waals surface area (Å²) in [5.74, 6) is 0.908. The molecule has 0 saturated heterocycles. The van der Waals surface area contributed by atoms with Gasteiger partial charge in [-0.3, -0.25) is 9.69 Å². The van der Waals surface area contributed by atoms with E-state index in [-0.39, 0.29) is 11.9 Å². The molecule has 1 atom stereocenters. The summed E-state index contributed by atoms with van der Waals surface area (Å²) >= 11 is 1.68. The highest BCUT2D eigenvalue weighted by atomic mass is 32.1. The van der Waals surface area contributed by atoms with Crippen LogP contribution in [-0.4, -0.2) is 38.6 Å². The fraction of sp³-hybridized carbons (Fsp3) is 0.450. The van der Waals surface area contributed by atoms with Crippen molar-refractivity contribution >= 4 is 17.2 Å². The molecule has 0 unspecified atom stereocenters. The molecule has 148 valence electrons. The van der Waals surface area contributed by atoms with E-state index in [0.717, 1.165) is 43.1 Å². The van der Waals surface area contributed by atoms with Gasteiger partial charge in [-0.05, 0) is 32.8 Å². The van der Waals surface area contributed by atoms with Crippen LogP contribution in [0.1, 0.15) is 50.8 Å². The number of aryl methyl sites for hydroxylation is 2. The maximum Gasteiger partial charge on any atom is 0.252 e. The minimum absolute atomic E-state index is 0.0173. The highest BCUT2D eigenvalue weighted by Gasteiger charge is 2.25. The predicted molar refractivity (Wildman–Crippen MR) is 107 cm³/mol. The monoisotopic (exact) mass is 399 g/mol. The Labute approximate surface area is 168 Å². The van der Waals surface area contributed by atoms with Crippen LogP contribution in [0.5, 0.6) is 0 Å². The molecule has 4 heterocycles. The lowest BCUT2D eigenvalue weighted by atomic mass is 10.0. The summed E-state index contributed by atoms with van der Waals surface area (Å²) in [5.41, 5.74) is 4.16. The van der Waals surface area contributed by atoms with Crippen molar-refractivity contribution in [3.8, 4) is 0 Å². The molecule has 8 heteroatoms. The number of carbonyl (C=O) groups is 1. The number of aromatic nitrogens is 3. The smallest absolute Gasteiger partial charge is 0.252 e. The minimum atomic E-state index is 0.0173. The molecule has 3 aromatic rings. The number of nitrogens with one attached hydrogen (secondary N) is 1. The molecular weight excluding hydrogens is 374 g/mol. The van der Waals surface area contributed by atoms with Crippen LogP contribution in [0, 0.1) is 13.8 Å². The van der Waals surface area contributed by atoms with E-state index < -0.39 is 0 Å². The Hall–Kier alpha value is -2.45. The van der Waals surface area contributed by atoms with E-state index in [9.17, 15) is 4.79 Å². The fourth-order valence-corrected chi connectivity index (χ4v) is 4.75. The Kier molecular flexibility index (Phi) is 5.32. The van der Waals surface area contributed by atoms with Gasteiger partial charge in [0.25, 0.3) is 5.91 Å². The molecule has 0 fully saturated rings. The normalized spacial score (nSPS) is 15.4. The average molecular weight is 400 g/mol. The van der Waals surface area contributed by atoms with Crippen LogP contribution in [0.3, 0.4) is 0 Å². The largest absolute Gasteiger partial charge is 0.361 e. The van der Waals surface area contributed by atoms with Crippen LogP contribution >= 0.6 is 11.3 Å². The summed E-state index contributed by atoms with van der Waals surface area (Å²) < 4.78 is 7.28. The van der Waals surface area contributed by atoms with E-state index in [0.29, 0.717) is 6.54 Å². The van der Waals surface area contributed by atoms with Gasteiger partial charge in [0.05, 0.1) is 17.6 Å². The van der Waals surface area contributed by atoms with Crippen LogP contribution in [0.15, 0.2) is 28.6 Å². The van der Waals surface area contributed by atoms with E-state index in [1.165, 1.54) is 16.0 Å². The van der Waals surface area contributed by atoms with Crippen molar-refractivity contribution in [3.05, 3.63) is 57.1 Å². The molecule has 0 bridgehead atoms. The predicted octanol–water partition coefficient (Wildman–Crippen LogP) is 3.10. The van der Waals surface area contributed by atoms with Crippen LogP contribution in [0.4, 0.5) is 0 Å². The number of rotatable bonds is 6. The fourth-order valence-electron chi connectivity index (χ4n) is 3.63. The number of nitrogens with zero attached hydrogens (tertiary/aromatic N) is 4. The Bertz CT molecular complexity index is 940. The van der Waals surface area contributed by atoms with Crippen molar-refractivity contribution in [1.29, 1.82) is 0 Å². The van der Waals surface area contributed by atoms with E-state index in [4.69, 9.17) is 4.52 Å². The van der Waals surface area contributed by atoms with E-state index in [1.807, 2.05) is 30.0 Å². The number of carbonyl (C=O) groups excluding carboxylic acids is 1. The molecule has 1 aliphatic rings. The van der Waals surface area contributed by atoms with Gasteiger partial charge in [-0.25, -0.2) is 4.98 Å². The lowest BCUT2D eigenvalue weighted by Gasteiger charge is -2.27. The number of thiophene rings is 1. The second-order valence-electron chi connectivity index (χ2n) is 7.38. The molecule has 0 radical (unpaired) electrons. The first-order valence-corrected chi connectivity index (χ1v) is 10.4. The van der Waals surface area contributed by atoms with Gasteiger partial charge in [0.1, 0.15) is 5.76 Å². The zero-order valence-electron chi connectivity index (χ0n) is 16.4. The van der Waals surface area contributed by atoms with Gasteiger partial charge in [-0.2, -0.15) is 0 Å². The Morgan fingerprint density at radius 3 is 3.00 bits per heavy atom. The Morgan fingerprint density at radius 2 is 2.29 bits per heavy atom. The zero-order chi connectivity index (χ0) is 19.7. The van der Waals surface area contributed by atoms with E-state index >= 15 is 0 Å².